The smallest absolute Gasteiger partial charge is 0.260 e. The summed E-state index contributed by atoms with van der Waals surface area (Å²) in [5, 5.41) is 0. The van der Waals surface area contributed by atoms with Crippen LogP contribution in [-0.4, -0.2) is 14.8 Å². The first-order chi connectivity index (χ1) is 2.41. The summed E-state index contributed by atoms with van der Waals surface area (Å²) in [6, 6.07) is 0. The van der Waals surface area contributed by atoms with Gasteiger partial charge in [0, 0.05) is 9.47 Å². The summed E-state index contributed by atoms with van der Waals surface area (Å²) in [6.07, 6.45) is 0. The van der Waals surface area contributed by atoms with Crippen molar-refractivity contribution in [2.45, 2.75) is 0 Å². The largest absolute Gasteiger partial charge is 0.423 e. The third-order valence-electron chi connectivity index (χ3n) is 0.186. The fourth-order valence-corrected chi connectivity index (χ4v) is 0.204. The molecule has 0 aliphatic carbocycles. The van der Waals surface area contributed by atoms with Gasteiger partial charge in [0.05, 0.1) is 0 Å². The molecule has 5 heavy (non-hydrogen) atoms. The van der Waals surface area contributed by atoms with E-state index < -0.39 is 0 Å². The minimum atomic E-state index is 0.352. The van der Waals surface area contributed by atoms with Crippen molar-refractivity contribution in [2.24, 2.45) is 0 Å². The maximum Gasteiger partial charge on any atom is 0.260 e. The molecule has 0 N–H and O–H groups in total. The Hall–Kier alpha value is 0.415. The molecule has 30 valence electrons. The van der Waals surface area contributed by atoms with Crippen molar-refractivity contribution in [3.8, 4) is 0 Å². The fourth-order valence-electron chi connectivity index (χ4n) is 0.0680. The van der Waals surface area contributed by atoms with Gasteiger partial charge in [-0.2, -0.15) is 0 Å². The predicted octanol–water partition coefficient (Wildman–Crippen LogP) is -0.685. The highest BCUT2D eigenvalue weighted by Crippen LogP contribution is 1.79. The number of hydrogen-bond donors (Lipinski definition) is 0. The lowest BCUT2D eigenvalue weighted by Gasteiger charge is -1.88. The van der Waals surface area contributed by atoms with Crippen LogP contribution in [0.4, 0.5) is 0 Å². The molecular weight excluding hydrogens is 85.8 g/mol. The minimum absolute atomic E-state index is 0.352. The van der Waals surface area contributed by atoms with Gasteiger partial charge in [0.15, 0.2) is 0 Å². The Morgan fingerprint density at radius 2 is 2.40 bits per heavy atom. The minimum Gasteiger partial charge on any atom is -0.423 e. The Kier molecular flexibility index (Phi) is 4.78. The maximum absolute atomic E-state index is 4.45. The Morgan fingerprint density at radius 1 is 1.80 bits per heavy atom. The second kappa shape index (κ2) is 4.41. The highest BCUT2D eigenvalue weighted by molar-refractivity contribution is 7.09. The normalized spacial score (nSPS) is 8.20. The Labute approximate surface area is 34.6 Å². The molecule has 0 amide bonds. The Balaban J connectivity index is 2.19. The zero-order valence-corrected chi connectivity index (χ0v) is 4.26. The van der Waals surface area contributed by atoms with E-state index in [1.807, 2.05) is 0 Å². The van der Waals surface area contributed by atoms with Gasteiger partial charge in [0.1, 0.15) is 6.79 Å². The van der Waals surface area contributed by atoms with Gasteiger partial charge in [-0.1, -0.05) is 0 Å². The monoisotopic (exact) mass is 92.0 g/mol. The molecule has 1 unspecified atom stereocenters. The van der Waals surface area contributed by atoms with E-state index in [-0.39, 0.29) is 0 Å². The van der Waals surface area contributed by atoms with Crippen molar-refractivity contribution in [2.75, 3.05) is 6.79 Å². The van der Waals surface area contributed by atoms with Gasteiger partial charge in [0.2, 0.25) is 0 Å². The lowest BCUT2D eigenvalue weighted by atomic mass is 10.6. The standard InChI is InChI=1S/CH6BO2P/c2-3-1-4-5/h1-2,5H2. The van der Waals surface area contributed by atoms with Crippen molar-refractivity contribution in [3.63, 3.8) is 0 Å². The molecule has 0 aromatic carbocycles. The summed E-state index contributed by atoms with van der Waals surface area (Å²) in [4.78, 5) is 0. The van der Waals surface area contributed by atoms with Crippen LogP contribution in [0.15, 0.2) is 0 Å². The van der Waals surface area contributed by atoms with E-state index in [2.05, 4.69) is 18.6 Å². The van der Waals surface area contributed by atoms with E-state index in [0.29, 0.717) is 6.79 Å². The molecule has 1 atom stereocenters. The molecule has 0 aliphatic rings. The lowest BCUT2D eigenvalue weighted by Crippen LogP contribution is -1.84. The average Bonchev–Trinajstić information content (AvgIpc) is 1.41. The SMILES string of the molecule is BOCOP. The first-order valence-corrected chi connectivity index (χ1v) is 1.69. The van der Waals surface area contributed by atoms with Crippen LogP contribution in [0.2, 0.25) is 0 Å². The Bertz CT molecular complexity index is 17.1. The van der Waals surface area contributed by atoms with E-state index in [1.165, 1.54) is 0 Å². The van der Waals surface area contributed by atoms with Crippen molar-refractivity contribution in [3.05, 3.63) is 0 Å². The summed E-state index contributed by atoms with van der Waals surface area (Å²) in [5.41, 5.74) is 0. The molecule has 0 bridgehead atoms. The molecule has 0 fully saturated rings. The molecule has 0 heterocycles. The van der Waals surface area contributed by atoms with E-state index >= 15 is 0 Å². The zero-order valence-electron chi connectivity index (χ0n) is 3.10. The molecular formula is CH6BO2P. The predicted molar refractivity (Wildman–Crippen MR) is 25.3 cm³/mol. The van der Waals surface area contributed by atoms with Crippen LogP contribution in [0.1, 0.15) is 0 Å². The molecule has 0 saturated heterocycles. The van der Waals surface area contributed by atoms with Gasteiger partial charge in [-0.3, -0.25) is 0 Å². The Morgan fingerprint density at radius 3 is 2.40 bits per heavy atom. The summed E-state index contributed by atoms with van der Waals surface area (Å²) >= 11 is 0. The van der Waals surface area contributed by atoms with Crippen LogP contribution in [0.3, 0.4) is 0 Å². The molecule has 0 saturated carbocycles. The molecule has 0 aliphatic heterocycles. The van der Waals surface area contributed by atoms with Crippen LogP contribution in [-0.2, 0) is 9.18 Å². The summed E-state index contributed by atoms with van der Waals surface area (Å²) < 4.78 is 8.83. The van der Waals surface area contributed by atoms with Crippen molar-refractivity contribution in [1.29, 1.82) is 0 Å². The second-order valence-electron chi connectivity index (χ2n) is 0.573. The van der Waals surface area contributed by atoms with Gasteiger partial charge in [-0.05, 0) is 0 Å². The van der Waals surface area contributed by atoms with Crippen LogP contribution in [0, 0.1) is 0 Å². The van der Waals surface area contributed by atoms with Crippen LogP contribution >= 0.6 is 9.47 Å². The fraction of sp³-hybridized carbons (Fsp3) is 1.00. The highest BCUT2D eigenvalue weighted by atomic mass is 31.0. The highest BCUT2D eigenvalue weighted by Gasteiger charge is 1.63. The lowest BCUT2D eigenvalue weighted by molar-refractivity contribution is 0.153. The summed E-state index contributed by atoms with van der Waals surface area (Å²) in [7, 11) is 3.65. The van der Waals surface area contributed by atoms with Crippen molar-refractivity contribution < 1.29 is 9.18 Å². The van der Waals surface area contributed by atoms with Gasteiger partial charge < -0.3 is 9.18 Å². The molecule has 0 rings (SSSR count). The van der Waals surface area contributed by atoms with Crippen molar-refractivity contribution >= 4 is 17.5 Å². The van der Waals surface area contributed by atoms with Crippen LogP contribution in [0.5, 0.6) is 0 Å². The van der Waals surface area contributed by atoms with Gasteiger partial charge in [-0.15, -0.1) is 0 Å². The van der Waals surface area contributed by atoms with Crippen LogP contribution in [0.25, 0.3) is 0 Å². The molecule has 0 spiro atoms. The molecule has 0 aromatic heterocycles. The third-order valence-corrected chi connectivity index (χ3v) is 0.322. The topological polar surface area (TPSA) is 18.5 Å². The first-order valence-electron chi connectivity index (χ1n) is 1.22. The van der Waals surface area contributed by atoms with E-state index in [0.717, 1.165) is 0 Å². The van der Waals surface area contributed by atoms with Crippen molar-refractivity contribution in [1.82, 2.24) is 0 Å². The van der Waals surface area contributed by atoms with E-state index in [9.17, 15) is 0 Å². The van der Waals surface area contributed by atoms with Gasteiger partial charge >= 0.3 is 0 Å². The second-order valence-corrected chi connectivity index (χ2v) is 0.907. The van der Waals surface area contributed by atoms with E-state index in [1.54, 1.807) is 8.05 Å². The number of rotatable bonds is 2. The van der Waals surface area contributed by atoms with Gasteiger partial charge in [-0.25, -0.2) is 0 Å². The molecule has 0 aromatic rings. The first kappa shape index (κ1) is 5.41. The summed E-state index contributed by atoms with van der Waals surface area (Å²) in [5.74, 6) is 0. The summed E-state index contributed by atoms with van der Waals surface area (Å²) in [6.45, 7) is 0.352. The van der Waals surface area contributed by atoms with Crippen LogP contribution < -0.4 is 0 Å². The zero-order chi connectivity index (χ0) is 4.12. The molecule has 4 heteroatoms. The van der Waals surface area contributed by atoms with E-state index in [4.69, 9.17) is 0 Å². The molecule has 2 nitrogen and oxygen atoms in total. The average molecular weight is 91.8 g/mol. The maximum atomic E-state index is 4.45. The quantitative estimate of drug-likeness (QED) is 0.255. The van der Waals surface area contributed by atoms with Gasteiger partial charge in [0.25, 0.3) is 8.05 Å². The third kappa shape index (κ3) is 4.41. The number of hydrogen-bond acceptors (Lipinski definition) is 2. The molecule has 0 radical (unpaired) electrons.